The first-order valence-corrected chi connectivity index (χ1v) is 9.30. The molecule has 1 amide bonds. The van der Waals surface area contributed by atoms with Crippen LogP contribution < -0.4 is 5.73 Å². The lowest BCUT2D eigenvalue weighted by Crippen LogP contribution is -2.13. The number of nitrogens with two attached hydrogens (primary N) is 1. The van der Waals surface area contributed by atoms with Crippen molar-refractivity contribution in [2.45, 2.75) is 20.8 Å². The Labute approximate surface area is 191 Å². The number of hydrogen-bond donors (Lipinski definition) is 2. The van der Waals surface area contributed by atoms with Crippen LogP contribution in [-0.2, 0) is 0 Å². The number of carboxylic acid groups (broad SMARTS) is 1. The number of amides is 1. The van der Waals surface area contributed by atoms with Crippen molar-refractivity contribution in [3.05, 3.63) is 88.0 Å². The lowest BCUT2D eigenvalue weighted by Gasteiger charge is -1.98. The molecule has 12 heteroatoms. The number of primary amides is 1. The topological polar surface area (TPSA) is 136 Å². The van der Waals surface area contributed by atoms with E-state index in [1.807, 2.05) is 0 Å². The molecule has 3 aromatic rings. The first-order valence-electron chi connectivity index (χ1n) is 8.92. The summed E-state index contributed by atoms with van der Waals surface area (Å²) in [5, 5.41) is 7.88. The molecule has 3 rings (SSSR count). The van der Waals surface area contributed by atoms with E-state index in [9.17, 15) is 27.6 Å². The maximum absolute atomic E-state index is 12.3. The SMILES string of the molecule is Cc1cc(F)ncc1C(=O)Cl.Cc1cc(F)ncc1C(=O)O.Cc1cc(F)ncc1C(N)=O. The molecule has 0 aliphatic carbocycles. The molecule has 33 heavy (non-hydrogen) atoms. The number of halogens is 4. The molecule has 0 fully saturated rings. The largest absolute Gasteiger partial charge is 0.478 e. The number of aromatic carboxylic acids is 1. The van der Waals surface area contributed by atoms with E-state index in [-0.39, 0.29) is 16.7 Å². The van der Waals surface area contributed by atoms with Gasteiger partial charge in [-0.05, 0) is 67.3 Å². The van der Waals surface area contributed by atoms with E-state index >= 15 is 0 Å². The Morgan fingerprint density at radius 3 is 1.36 bits per heavy atom. The number of rotatable bonds is 3. The van der Waals surface area contributed by atoms with Crippen molar-refractivity contribution in [1.82, 2.24) is 15.0 Å². The fraction of sp³-hybridized carbons (Fsp3) is 0.143. The average molecular weight is 483 g/mol. The minimum Gasteiger partial charge on any atom is -0.478 e. The smallest absolute Gasteiger partial charge is 0.337 e. The number of pyridine rings is 3. The molecule has 174 valence electrons. The third kappa shape index (κ3) is 8.65. The van der Waals surface area contributed by atoms with Gasteiger partial charge in [-0.25, -0.2) is 19.7 Å². The zero-order valence-electron chi connectivity index (χ0n) is 17.6. The zero-order valence-corrected chi connectivity index (χ0v) is 18.3. The maximum Gasteiger partial charge on any atom is 0.337 e. The van der Waals surface area contributed by atoms with E-state index < -0.39 is 35.0 Å². The molecule has 0 aliphatic rings. The Bertz CT molecular complexity index is 1050. The Morgan fingerprint density at radius 1 is 0.758 bits per heavy atom. The molecule has 0 aliphatic heterocycles. The molecule has 3 heterocycles. The van der Waals surface area contributed by atoms with Crippen molar-refractivity contribution >= 4 is 28.7 Å². The molecule has 0 radical (unpaired) electrons. The number of aryl methyl sites for hydroxylation is 3. The van der Waals surface area contributed by atoms with Crippen molar-refractivity contribution in [2.75, 3.05) is 0 Å². The number of carbonyl (C=O) groups excluding carboxylic acids is 2. The van der Waals surface area contributed by atoms with Gasteiger partial charge in [0.2, 0.25) is 17.8 Å². The Hall–Kier alpha value is -3.86. The van der Waals surface area contributed by atoms with E-state index in [4.69, 9.17) is 22.4 Å². The minimum atomic E-state index is -1.09. The van der Waals surface area contributed by atoms with Crippen LogP contribution in [-0.4, -0.2) is 37.2 Å². The van der Waals surface area contributed by atoms with Crippen LogP contribution in [0.15, 0.2) is 36.8 Å². The van der Waals surface area contributed by atoms with Gasteiger partial charge in [0.1, 0.15) is 0 Å². The molecule has 0 saturated carbocycles. The highest BCUT2D eigenvalue weighted by molar-refractivity contribution is 6.67. The molecule has 0 spiro atoms. The normalized spacial score (nSPS) is 9.67. The molecule has 3 aromatic heterocycles. The monoisotopic (exact) mass is 482 g/mol. The molecule has 8 nitrogen and oxygen atoms in total. The predicted octanol–water partition coefficient (Wildman–Crippen LogP) is 3.76. The number of nitrogens with zero attached hydrogens (tertiary/aromatic N) is 3. The van der Waals surface area contributed by atoms with E-state index in [1.165, 1.54) is 13.0 Å². The molecular formula is C21H18ClF3N4O4. The van der Waals surface area contributed by atoms with Gasteiger partial charge in [-0.1, -0.05) is 0 Å². The number of carbonyl (C=O) groups is 3. The number of hydrogen-bond acceptors (Lipinski definition) is 6. The third-order valence-electron chi connectivity index (χ3n) is 3.94. The molecule has 0 aromatic carbocycles. The van der Waals surface area contributed by atoms with Crippen LogP contribution in [0.1, 0.15) is 47.8 Å². The van der Waals surface area contributed by atoms with Crippen molar-refractivity contribution < 1.29 is 32.7 Å². The summed E-state index contributed by atoms with van der Waals surface area (Å²) in [6.45, 7) is 4.72. The highest BCUT2D eigenvalue weighted by Crippen LogP contribution is 2.10. The van der Waals surface area contributed by atoms with Gasteiger partial charge in [-0.15, -0.1) is 0 Å². The van der Waals surface area contributed by atoms with Gasteiger partial charge in [-0.2, -0.15) is 13.2 Å². The summed E-state index contributed by atoms with van der Waals surface area (Å²) in [6.07, 6.45) is 3.26. The summed E-state index contributed by atoms with van der Waals surface area (Å²) < 4.78 is 37.0. The Kier molecular flexibility index (Phi) is 10.1. The zero-order chi connectivity index (χ0) is 25.3. The molecular weight excluding hydrogens is 465 g/mol. The van der Waals surface area contributed by atoms with Gasteiger partial charge in [0, 0.05) is 18.6 Å². The van der Waals surface area contributed by atoms with Gasteiger partial charge in [0.25, 0.3) is 11.1 Å². The standard InChI is InChI=1S/C7H5ClFNO.C7H7FN2O.C7H6FNO2/c1-4-2-6(9)10-3-5(4)7(8)11;1-4-2-6(8)10-3-5(4)7(9)11;1-4-2-6(8)9-3-5(4)7(10)11/h2-3H,1H3;2-3H,1H3,(H2,9,11);2-3H,1H3,(H,10,11). The minimum absolute atomic E-state index is 0.0337. The highest BCUT2D eigenvalue weighted by atomic mass is 35.5. The summed E-state index contributed by atoms with van der Waals surface area (Å²) >= 11 is 5.16. The average Bonchev–Trinajstić information content (AvgIpc) is 2.68. The van der Waals surface area contributed by atoms with Gasteiger partial charge >= 0.3 is 5.97 Å². The van der Waals surface area contributed by atoms with E-state index in [1.54, 1.807) is 13.8 Å². The lowest BCUT2D eigenvalue weighted by molar-refractivity contribution is 0.0695. The van der Waals surface area contributed by atoms with E-state index in [0.717, 1.165) is 30.7 Å². The Morgan fingerprint density at radius 2 is 1.09 bits per heavy atom. The second-order valence-corrected chi connectivity index (χ2v) is 6.75. The predicted molar refractivity (Wildman–Crippen MR) is 112 cm³/mol. The van der Waals surface area contributed by atoms with Crippen LogP contribution in [0.2, 0.25) is 0 Å². The fourth-order valence-electron chi connectivity index (χ4n) is 2.25. The number of carboxylic acids is 1. The van der Waals surface area contributed by atoms with Gasteiger partial charge in [0.05, 0.1) is 16.7 Å². The van der Waals surface area contributed by atoms with Crippen LogP contribution in [0.4, 0.5) is 13.2 Å². The van der Waals surface area contributed by atoms with Crippen LogP contribution in [0.5, 0.6) is 0 Å². The fourth-order valence-corrected chi connectivity index (χ4v) is 2.45. The van der Waals surface area contributed by atoms with Crippen molar-refractivity contribution in [2.24, 2.45) is 5.73 Å². The molecule has 0 atom stereocenters. The second-order valence-electron chi connectivity index (χ2n) is 6.41. The van der Waals surface area contributed by atoms with Gasteiger partial charge in [-0.3, -0.25) is 9.59 Å². The molecule has 0 bridgehead atoms. The second kappa shape index (κ2) is 12.2. The van der Waals surface area contributed by atoms with Crippen molar-refractivity contribution in [3.63, 3.8) is 0 Å². The molecule has 3 N–H and O–H groups in total. The van der Waals surface area contributed by atoms with Crippen LogP contribution in [0, 0.1) is 38.6 Å². The summed E-state index contributed by atoms with van der Waals surface area (Å²) in [5.41, 5.74) is 6.88. The summed E-state index contributed by atoms with van der Waals surface area (Å²) in [6, 6.07) is 3.42. The third-order valence-corrected chi connectivity index (χ3v) is 4.14. The number of aromatic nitrogens is 3. The van der Waals surface area contributed by atoms with Gasteiger partial charge in [0.15, 0.2) is 0 Å². The summed E-state index contributed by atoms with van der Waals surface area (Å²) in [5.74, 6) is -3.55. The highest BCUT2D eigenvalue weighted by Gasteiger charge is 2.08. The maximum atomic E-state index is 12.3. The van der Waals surface area contributed by atoms with Crippen molar-refractivity contribution in [3.8, 4) is 0 Å². The van der Waals surface area contributed by atoms with Crippen LogP contribution >= 0.6 is 11.6 Å². The van der Waals surface area contributed by atoms with Crippen molar-refractivity contribution in [1.29, 1.82) is 0 Å². The van der Waals surface area contributed by atoms with Crippen LogP contribution in [0.25, 0.3) is 0 Å². The van der Waals surface area contributed by atoms with Gasteiger partial charge < -0.3 is 10.8 Å². The lowest BCUT2D eigenvalue weighted by atomic mass is 10.1. The quantitative estimate of drug-likeness (QED) is 0.428. The summed E-state index contributed by atoms with van der Waals surface area (Å²) in [7, 11) is 0. The first-order chi connectivity index (χ1) is 15.3. The molecule has 0 saturated heterocycles. The summed E-state index contributed by atoms with van der Waals surface area (Å²) in [4.78, 5) is 41.3. The Balaban J connectivity index is 0.000000247. The van der Waals surface area contributed by atoms with E-state index in [2.05, 4.69) is 15.0 Å². The van der Waals surface area contributed by atoms with E-state index in [0.29, 0.717) is 16.7 Å². The molecule has 0 unspecified atom stereocenters. The first kappa shape index (κ1) is 27.2. The van der Waals surface area contributed by atoms with Crippen LogP contribution in [0.3, 0.4) is 0 Å².